The Kier molecular flexibility index (Phi) is 8.00. The van der Waals surface area contributed by atoms with E-state index in [-0.39, 0.29) is 35.1 Å². The van der Waals surface area contributed by atoms with Crippen LogP contribution in [0.5, 0.6) is 0 Å². The lowest BCUT2D eigenvalue weighted by atomic mass is 9.93. The number of esters is 1. The molecule has 1 N–H and O–H groups in total. The molecule has 0 spiro atoms. The van der Waals surface area contributed by atoms with Gasteiger partial charge in [0.25, 0.3) is 0 Å². The maximum Gasteiger partial charge on any atom is 0.338 e. The number of carbonyl (C=O) groups is 1. The molecule has 10 heteroatoms. The fourth-order valence-electron chi connectivity index (χ4n) is 4.46. The molecular weight excluding hydrogens is 498 g/mol. The maximum absolute atomic E-state index is 14.8. The third-order valence-corrected chi connectivity index (χ3v) is 6.71. The fraction of sp³-hybridized carbons (Fsp3) is 0.385. The van der Waals surface area contributed by atoms with Gasteiger partial charge < -0.3 is 10.1 Å². The smallest absolute Gasteiger partial charge is 0.338 e. The number of hydrogen-bond acceptors (Lipinski definition) is 5. The van der Waals surface area contributed by atoms with E-state index in [2.05, 4.69) is 22.1 Å². The number of amidine groups is 1. The quantitative estimate of drug-likeness (QED) is 0.399. The van der Waals surface area contributed by atoms with Crippen molar-refractivity contribution >= 4 is 23.4 Å². The first-order chi connectivity index (χ1) is 17.2. The summed E-state index contributed by atoms with van der Waals surface area (Å²) in [5.41, 5.74) is 0.123. The van der Waals surface area contributed by atoms with Crippen molar-refractivity contribution in [2.24, 2.45) is 10.9 Å². The predicted octanol–water partition coefficient (Wildman–Crippen LogP) is 5.54. The van der Waals surface area contributed by atoms with Gasteiger partial charge in [-0.1, -0.05) is 24.6 Å². The van der Waals surface area contributed by atoms with Crippen LogP contribution in [-0.2, 0) is 9.53 Å². The molecule has 2 heterocycles. The van der Waals surface area contributed by atoms with Gasteiger partial charge in [-0.25, -0.2) is 22.4 Å². The Balaban J connectivity index is 1.87. The predicted molar refractivity (Wildman–Crippen MR) is 129 cm³/mol. The van der Waals surface area contributed by atoms with Crippen molar-refractivity contribution in [3.8, 4) is 0 Å². The zero-order valence-electron chi connectivity index (χ0n) is 19.9. The number of likely N-dealkylation sites (tertiary alicyclic amines) is 1. The van der Waals surface area contributed by atoms with E-state index in [1.54, 1.807) is 6.92 Å². The van der Waals surface area contributed by atoms with E-state index in [4.69, 9.17) is 16.3 Å². The second kappa shape index (κ2) is 11.0. The molecule has 0 radical (unpaired) electrons. The van der Waals surface area contributed by atoms with Crippen molar-refractivity contribution in [3.05, 3.63) is 81.0 Å². The Labute approximate surface area is 211 Å². The summed E-state index contributed by atoms with van der Waals surface area (Å²) in [7, 11) is 0. The molecule has 2 aromatic rings. The number of rotatable bonds is 6. The summed E-state index contributed by atoms with van der Waals surface area (Å²) < 4.78 is 62.3. The monoisotopic (exact) mass is 523 g/mol. The van der Waals surface area contributed by atoms with Crippen molar-refractivity contribution < 1.29 is 27.1 Å². The van der Waals surface area contributed by atoms with Crippen LogP contribution in [0.4, 0.5) is 17.6 Å². The van der Waals surface area contributed by atoms with Gasteiger partial charge in [-0.05, 0) is 50.9 Å². The van der Waals surface area contributed by atoms with Crippen LogP contribution in [0.25, 0.3) is 0 Å². The standard InChI is InChI=1S/C26H26ClF4N3O2/c1-3-36-26(35)23-21(13-34-8-6-14(2)7-9-34)32-25(22-19(30)11-16(29)12-20(22)31)33-24(23)17-5-4-15(28)10-18(17)27/h4-5,10-12,14,24H,3,6-9,13H2,1-2H3,(H,32,33). The first kappa shape index (κ1) is 26.2. The lowest BCUT2D eigenvalue weighted by Gasteiger charge is -2.34. The molecule has 0 aliphatic carbocycles. The maximum atomic E-state index is 14.8. The number of aliphatic imine (C=N–C) groups is 1. The van der Waals surface area contributed by atoms with E-state index >= 15 is 0 Å². The summed E-state index contributed by atoms with van der Waals surface area (Å²) in [4.78, 5) is 19.7. The zero-order chi connectivity index (χ0) is 26.0. The van der Waals surface area contributed by atoms with Gasteiger partial charge >= 0.3 is 5.97 Å². The fourth-order valence-corrected chi connectivity index (χ4v) is 4.73. The van der Waals surface area contributed by atoms with Crippen LogP contribution in [0.2, 0.25) is 5.02 Å². The van der Waals surface area contributed by atoms with Crippen molar-refractivity contribution in [2.75, 3.05) is 26.2 Å². The molecule has 1 unspecified atom stereocenters. The average Bonchev–Trinajstić information content (AvgIpc) is 2.80. The van der Waals surface area contributed by atoms with Crippen LogP contribution in [0.3, 0.4) is 0 Å². The molecule has 192 valence electrons. The highest BCUT2D eigenvalue weighted by molar-refractivity contribution is 6.31. The van der Waals surface area contributed by atoms with Gasteiger partial charge in [0, 0.05) is 35.0 Å². The van der Waals surface area contributed by atoms with E-state index in [0.717, 1.165) is 38.1 Å². The van der Waals surface area contributed by atoms with Crippen LogP contribution in [0, 0.1) is 29.2 Å². The topological polar surface area (TPSA) is 53.9 Å². The largest absolute Gasteiger partial charge is 0.463 e. The lowest BCUT2D eigenvalue weighted by Crippen LogP contribution is -2.42. The normalized spacial score (nSPS) is 19.2. The molecular formula is C26H26ClF4N3O2. The third kappa shape index (κ3) is 5.57. The minimum atomic E-state index is -1.16. The highest BCUT2D eigenvalue weighted by Gasteiger charge is 2.35. The van der Waals surface area contributed by atoms with E-state index in [0.29, 0.717) is 23.7 Å². The minimum absolute atomic E-state index is 0.0157. The van der Waals surface area contributed by atoms with Gasteiger partial charge in [0.05, 0.1) is 17.7 Å². The molecule has 2 aliphatic rings. The molecule has 0 saturated carbocycles. The summed E-state index contributed by atoms with van der Waals surface area (Å²) in [5.74, 6) is -4.34. The van der Waals surface area contributed by atoms with Crippen molar-refractivity contribution in [2.45, 2.75) is 32.7 Å². The van der Waals surface area contributed by atoms with E-state index in [1.807, 2.05) is 0 Å². The molecule has 4 rings (SSSR count). The molecule has 1 atom stereocenters. The molecule has 1 fully saturated rings. The van der Waals surface area contributed by atoms with E-state index < -0.39 is 40.8 Å². The molecule has 1 saturated heterocycles. The van der Waals surface area contributed by atoms with Gasteiger partial charge in [-0.15, -0.1) is 0 Å². The molecule has 0 aromatic heterocycles. The second-order valence-electron chi connectivity index (χ2n) is 8.99. The molecule has 36 heavy (non-hydrogen) atoms. The molecule has 2 aliphatic heterocycles. The summed E-state index contributed by atoms with van der Waals surface area (Å²) in [6, 6.07) is 3.56. The van der Waals surface area contributed by atoms with Crippen LogP contribution in [0.15, 0.2) is 46.6 Å². The van der Waals surface area contributed by atoms with Crippen LogP contribution >= 0.6 is 11.6 Å². The number of nitrogens with one attached hydrogen (secondary N) is 1. The second-order valence-corrected chi connectivity index (χ2v) is 9.39. The first-order valence-corrected chi connectivity index (χ1v) is 12.1. The summed E-state index contributed by atoms with van der Waals surface area (Å²) in [6.45, 7) is 5.67. The van der Waals surface area contributed by atoms with Crippen molar-refractivity contribution in [3.63, 3.8) is 0 Å². The Morgan fingerprint density at radius 2 is 1.78 bits per heavy atom. The highest BCUT2D eigenvalue weighted by Crippen LogP contribution is 2.37. The number of ether oxygens (including phenoxy) is 1. The zero-order valence-corrected chi connectivity index (χ0v) is 20.6. The van der Waals surface area contributed by atoms with Gasteiger partial charge in [0.1, 0.15) is 35.1 Å². The van der Waals surface area contributed by atoms with Gasteiger partial charge in [-0.3, -0.25) is 9.89 Å². The third-order valence-electron chi connectivity index (χ3n) is 6.38. The average molecular weight is 524 g/mol. The Hall–Kier alpha value is -2.91. The molecule has 0 amide bonds. The highest BCUT2D eigenvalue weighted by atomic mass is 35.5. The molecule has 5 nitrogen and oxygen atoms in total. The summed E-state index contributed by atoms with van der Waals surface area (Å²) in [6.07, 6.45) is 1.91. The molecule has 2 aromatic carbocycles. The van der Waals surface area contributed by atoms with Crippen LogP contribution < -0.4 is 5.32 Å². The van der Waals surface area contributed by atoms with E-state index in [9.17, 15) is 22.4 Å². The first-order valence-electron chi connectivity index (χ1n) is 11.7. The molecule has 0 bridgehead atoms. The number of hydrogen-bond donors (Lipinski definition) is 1. The van der Waals surface area contributed by atoms with Gasteiger partial charge in [0.2, 0.25) is 0 Å². The van der Waals surface area contributed by atoms with Crippen LogP contribution in [-0.4, -0.2) is 42.9 Å². The minimum Gasteiger partial charge on any atom is -0.463 e. The summed E-state index contributed by atoms with van der Waals surface area (Å²) >= 11 is 6.33. The van der Waals surface area contributed by atoms with Crippen LogP contribution in [0.1, 0.15) is 43.9 Å². The van der Waals surface area contributed by atoms with E-state index in [1.165, 1.54) is 6.07 Å². The van der Waals surface area contributed by atoms with Crippen molar-refractivity contribution in [1.29, 1.82) is 0 Å². The Bertz CT molecular complexity index is 1200. The summed E-state index contributed by atoms with van der Waals surface area (Å²) in [5, 5.41) is 2.90. The van der Waals surface area contributed by atoms with Crippen molar-refractivity contribution in [1.82, 2.24) is 10.2 Å². The number of halogens is 5. The SMILES string of the molecule is CCOC(=O)C1=C(CN2CCC(C)CC2)NC(c2c(F)cc(F)cc2F)=NC1c1ccc(F)cc1Cl. The number of benzene rings is 2. The number of nitrogens with zero attached hydrogens (tertiary/aromatic N) is 2. The van der Waals surface area contributed by atoms with Gasteiger partial charge in [0.15, 0.2) is 0 Å². The number of piperidine rings is 1. The number of carbonyl (C=O) groups excluding carboxylic acids is 1. The lowest BCUT2D eigenvalue weighted by molar-refractivity contribution is -0.139. The Morgan fingerprint density at radius 1 is 1.11 bits per heavy atom. The Morgan fingerprint density at radius 3 is 2.39 bits per heavy atom. The van der Waals surface area contributed by atoms with Gasteiger partial charge in [-0.2, -0.15) is 0 Å².